The van der Waals surface area contributed by atoms with Crippen molar-refractivity contribution >= 4 is 27.6 Å². The summed E-state index contributed by atoms with van der Waals surface area (Å²) in [6.45, 7) is 8.86. The minimum Gasteiger partial charge on any atom is -0.406 e. The van der Waals surface area contributed by atoms with E-state index >= 15 is 0 Å². The SMILES string of the molecule is Cc1ccc(Nc2nnc(CNC(C)(C)C)o2)c(Br)c1. The molecule has 0 unspecified atom stereocenters. The molecule has 0 aliphatic rings. The molecule has 0 aliphatic carbocycles. The quantitative estimate of drug-likeness (QED) is 0.888. The highest BCUT2D eigenvalue weighted by Gasteiger charge is 2.12. The topological polar surface area (TPSA) is 63.0 Å². The Morgan fingerprint density at radius 3 is 2.65 bits per heavy atom. The van der Waals surface area contributed by atoms with Gasteiger partial charge >= 0.3 is 6.01 Å². The molecule has 0 saturated heterocycles. The van der Waals surface area contributed by atoms with Gasteiger partial charge in [-0.2, -0.15) is 0 Å². The molecule has 20 heavy (non-hydrogen) atoms. The maximum absolute atomic E-state index is 5.55. The van der Waals surface area contributed by atoms with Crippen LogP contribution in [-0.2, 0) is 6.54 Å². The standard InChI is InChI=1S/C14H19BrN4O/c1-9-5-6-11(10(15)7-9)17-13-19-18-12(20-13)8-16-14(2,3)4/h5-7,16H,8H2,1-4H3,(H,17,19). The van der Waals surface area contributed by atoms with E-state index in [-0.39, 0.29) is 5.54 Å². The average molecular weight is 339 g/mol. The van der Waals surface area contributed by atoms with Crippen LogP contribution in [0.5, 0.6) is 0 Å². The van der Waals surface area contributed by atoms with E-state index in [0.29, 0.717) is 18.5 Å². The molecule has 5 nitrogen and oxygen atoms in total. The number of halogens is 1. The smallest absolute Gasteiger partial charge is 0.320 e. The second-order valence-corrected chi connectivity index (χ2v) is 6.57. The van der Waals surface area contributed by atoms with Crippen molar-refractivity contribution in [2.24, 2.45) is 0 Å². The number of nitrogens with zero attached hydrogens (tertiary/aromatic N) is 2. The predicted octanol–water partition coefficient (Wildman–Crippen LogP) is 3.77. The Kier molecular flexibility index (Phi) is 4.45. The van der Waals surface area contributed by atoms with E-state index in [9.17, 15) is 0 Å². The average Bonchev–Trinajstić information content (AvgIpc) is 2.77. The zero-order chi connectivity index (χ0) is 14.8. The van der Waals surface area contributed by atoms with E-state index in [2.05, 4.69) is 57.5 Å². The summed E-state index contributed by atoms with van der Waals surface area (Å²) < 4.78 is 6.51. The van der Waals surface area contributed by atoms with Crippen LogP contribution in [0.15, 0.2) is 27.1 Å². The Bertz CT molecular complexity index is 589. The van der Waals surface area contributed by atoms with Gasteiger partial charge in [0.25, 0.3) is 0 Å². The van der Waals surface area contributed by atoms with E-state index in [1.54, 1.807) is 0 Å². The molecule has 0 spiro atoms. The fraction of sp³-hybridized carbons (Fsp3) is 0.429. The van der Waals surface area contributed by atoms with Gasteiger partial charge in [0, 0.05) is 10.0 Å². The third kappa shape index (κ3) is 4.31. The first-order chi connectivity index (χ1) is 9.33. The second kappa shape index (κ2) is 5.93. The van der Waals surface area contributed by atoms with Crippen LogP contribution in [-0.4, -0.2) is 15.7 Å². The van der Waals surface area contributed by atoms with Crippen molar-refractivity contribution in [3.63, 3.8) is 0 Å². The van der Waals surface area contributed by atoms with Crippen LogP contribution in [0.25, 0.3) is 0 Å². The highest BCUT2D eigenvalue weighted by molar-refractivity contribution is 9.10. The molecular formula is C14H19BrN4O. The number of aromatic nitrogens is 2. The van der Waals surface area contributed by atoms with Gasteiger partial charge in [0.15, 0.2) is 0 Å². The summed E-state index contributed by atoms with van der Waals surface area (Å²) in [5, 5.41) is 14.4. The molecule has 6 heteroatoms. The number of hydrogen-bond acceptors (Lipinski definition) is 5. The maximum atomic E-state index is 5.55. The van der Waals surface area contributed by atoms with Gasteiger partial charge < -0.3 is 15.1 Å². The van der Waals surface area contributed by atoms with Crippen molar-refractivity contribution in [3.05, 3.63) is 34.1 Å². The van der Waals surface area contributed by atoms with Gasteiger partial charge in [0.2, 0.25) is 5.89 Å². The molecule has 0 amide bonds. The number of benzene rings is 1. The Morgan fingerprint density at radius 1 is 1.25 bits per heavy atom. The normalized spacial score (nSPS) is 11.7. The molecule has 0 fully saturated rings. The van der Waals surface area contributed by atoms with Crippen LogP contribution in [0.2, 0.25) is 0 Å². The van der Waals surface area contributed by atoms with Gasteiger partial charge in [-0.3, -0.25) is 0 Å². The lowest BCUT2D eigenvalue weighted by Gasteiger charge is -2.18. The van der Waals surface area contributed by atoms with Gasteiger partial charge in [-0.05, 0) is 61.3 Å². The monoisotopic (exact) mass is 338 g/mol. The number of nitrogens with one attached hydrogen (secondary N) is 2. The van der Waals surface area contributed by atoms with Crippen LogP contribution in [0.1, 0.15) is 32.2 Å². The van der Waals surface area contributed by atoms with Crippen molar-refractivity contribution in [2.75, 3.05) is 5.32 Å². The fourth-order valence-corrected chi connectivity index (χ4v) is 2.15. The molecule has 0 atom stereocenters. The zero-order valence-corrected chi connectivity index (χ0v) is 13.7. The Hall–Kier alpha value is -1.40. The largest absolute Gasteiger partial charge is 0.406 e. The van der Waals surface area contributed by atoms with Gasteiger partial charge in [-0.15, -0.1) is 5.10 Å². The third-order valence-electron chi connectivity index (χ3n) is 2.60. The van der Waals surface area contributed by atoms with E-state index < -0.39 is 0 Å². The molecule has 0 radical (unpaired) electrons. The fourth-order valence-electron chi connectivity index (χ4n) is 1.55. The van der Waals surface area contributed by atoms with Crippen LogP contribution >= 0.6 is 15.9 Å². The van der Waals surface area contributed by atoms with E-state index in [1.165, 1.54) is 5.56 Å². The molecule has 2 aromatic rings. The summed E-state index contributed by atoms with van der Waals surface area (Å²) >= 11 is 3.50. The maximum Gasteiger partial charge on any atom is 0.320 e. The van der Waals surface area contributed by atoms with Crippen molar-refractivity contribution in [1.82, 2.24) is 15.5 Å². The van der Waals surface area contributed by atoms with E-state index in [0.717, 1.165) is 10.2 Å². The van der Waals surface area contributed by atoms with Gasteiger partial charge in [-0.25, -0.2) is 0 Å². The van der Waals surface area contributed by atoms with Crippen LogP contribution < -0.4 is 10.6 Å². The first kappa shape index (κ1) is 15.0. The number of hydrogen-bond donors (Lipinski definition) is 2. The molecule has 0 bridgehead atoms. The summed E-state index contributed by atoms with van der Waals surface area (Å²) in [5.41, 5.74) is 2.10. The Morgan fingerprint density at radius 2 is 2.00 bits per heavy atom. The van der Waals surface area contributed by atoms with Crippen molar-refractivity contribution < 1.29 is 4.42 Å². The van der Waals surface area contributed by atoms with E-state index in [4.69, 9.17) is 4.42 Å². The first-order valence-electron chi connectivity index (χ1n) is 6.44. The van der Waals surface area contributed by atoms with Crippen molar-refractivity contribution in [1.29, 1.82) is 0 Å². The Labute approximate surface area is 127 Å². The molecule has 108 valence electrons. The summed E-state index contributed by atoms with van der Waals surface area (Å²) in [6, 6.07) is 6.41. The first-order valence-corrected chi connectivity index (χ1v) is 7.23. The minimum atomic E-state index is 0.0159. The highest BCUT2D eigenvalue weighted by Crippen LogP contribution is 2.26. The van der Waals surface area contributed by atoms with Gasteiger partial charge in [0.05, 0.1) is 12.2 Å². The van der Waals surface area contributed by atoms with Crippen molar-refractivity contribution in [2.45, 2.75) is 39.8 Å². The molecular weight excluding hydrogens is 320 g/mol. The van der Waals surface area contributed by atoms with Gasteiger partial charge in [0.1, 0.15) is 0 Å². The number of aryl methyl sites for hydroxylation is 1. The zero-order valence-electron chi connectivity index (χ0n) is 12.1. The summed E-state index contributed by atoms with van der Waals surface area (Å²) in [5.74, 6) is 0.561. The summed E-state index contributed by atoms with van der Waals surface area (Å²) in [7, 11) is 0. The summed E-state index contributed by atoms with van der Waals surface area (Å²) in [6.07, 6.45) is 0. The number of rotatable bonds is 4. The Balaban J connectivity index is 2.02. The van der Waals surface area contributed by atoms with E-state index in [1.807, 2.05) is 25.1 Å². The molecule has 0 saturated carbocycles. The van der Waals surface area contributed by atoms with Crippen LogP contribution in [0.3, 0.4) is 0 Å². The van der Waals surface area contributed by atoms with Crippen LogP contribution in [0, 0.1) is 6.92 Å². The molecule has 1 heterocycles. The van der Waals surface area contributed by atoms with Crippen LogP contribution in [0.4, 0.5) is 11.7 Å². The molecule has 1 aromatic heterocycles. The minimum absolute atomic E-state index is 0.0159. The summed E-state index contributed by atoms with van der Waals surface area (Å²) in [4.78, 5) is 0. The lowest BCUT2D eigenvalue weighted by atomic mass is 10.1. The van der Waals surface area contributed by atoms with Gasteiger partial charge in [-0.1, -0.05) is 11.2 Å². The molecule has 2 N–H and O–H groups in total. The lowest BCUT2D eigenvalue weighted by Crippen LogP contribution is -2.35. The molecule has 1 aromatic carbocycles. The van der Waals surface area contributed by atoms with Crippen molar-refractivity contribution in [3.8, 4) is 0 Å². The number of anilines is 2. The third-order valence-corrected chi connectivity index (χ3v) is 3.26. The molecule has 0 aliphatic heterocycles. The highest BCUT2D eigenvalue weighted by atomic mass is 79.9. The molecule has 2 rings (SSSR count). The second-order valence-electron chi connectivity index (χ2n) is 5.71. The predicted molar refractivity (Wildman–Crippen MR) is 83.1 cm³/mol. The lowest BCUT2D eigenvalue weighted by molar-refractivity contribution is 0.384.